The Kier molecular flexibility index (Phi) is 5.04. The molecule has 3 aromatic heterocycles. The number of piperidine rings is 1. The molecular weight excluding hydrogens is 394 g/mol. The van der Waals surface area contributed by atoms with Crippen LogP contribution in [0, 0.1) is 0 Å². The first-order valence-corrected chi connectivity index (χ1v) is 9.24. The predicted molar refractivity (Wildman–Crippen MR) is 102 cm³/mol. The molecule has 4 rings (SSSR count). The van der Waals surface area contributed by atoms with E-state index in [2.05, 4.69) is 30.2 Å². The van der Waals surface area contributed by atoms with Gasteiger partial charge in [-0.05, 0) is 12.8 Å². The zero-order valence-corrected chi connectivity index (χ0v) is 16.0. The maximum atomic E-state index is 12.7. The number of H-pyrrole nitrogens is 1. The van der Waals surface area contributed by atoms with Gasteiger partial charge in [0.1, 0.15) is 17.8 Å². The standard InChI is InChI=1S/C18H19N7O5/c1-24-15(10-3-2-4-25(8-10)17(28)11-5-19-20-6-11)23-13(14(26)18(24)29)16(27)22-12-7-21-30-9-12/h5-7,9-10,26H,2-4,8H2,1H3,(H,19,20)(H,22,27). The molecule has 0 aliphatic carbocycles. The third kappa shape index (κ3) is 3.54. The first kappa shape index (κ1) is 19.4. The minimum absolute atomic E-state index is 0.178. The first-order chi connectivity index (χ1) is 14.5. The summed E-state index contributed by atoms with van der Waals surface area (Å²) in [6.07, 6.45) is 6.83. The van der Waals surface area contributed by atoms with E-state index >= 15 is 0 Å². The van der Waals surface area contributed by atoms with Crippen molar-refractivity contribution >= 4 is 17.5 Å². The lowest BCUT2D eigenvalue weighted by Crippen LogP contribution is -2.41. The summed E-state index contributed by atoms with van der Waals surface area (Å²) in [7, 11) is 1.48. The average molecular weight is 413 g/mol. The number of aromatic hydroxyl groups is 1. The summed E-state index contributed by atoms with van der Waals surface area (Å²) >= 11 is 0. The second-order valence-corrected chi connectivity index (χ2v) is 6.98. The van der Waals surface area contributed by atoms with Crippen molar-refractivity contribution in [2.24, 2.45) is 7.05 Å². The molecule has 12 nitrogen and oxygen atoms in total. The van der Waals surface area contributed by atoms with Crippen molar-refractivity contribution in [2.45, 2.75) is 18.8 Å². The summed E-state index contributed by atoms with van der Waals surface area (Å²) in [5, 5.41) is 22.5. The minimum atomic E-state index is -0.767. The van der Waals surface area contributed by atoms with Crippen molar-refractivity contribution < 1.29 is 19.2 Å². The van der Waals surface area contributed by atoms with Crippen LogP contribution in [-0.4, -0.2) is 59.8 Å². The van der Waals surface area contributed by atoms with Crippen molar-refractivity contribution in [3.8, 4) is 5.75 Å². The van der Waals surface area contributed by atoms with E-state index in [-0.39, 0.29) is 17.5 Å². The number of anilines is 1. The number of aromatic amines is 1. The van der Waals surface area contributed by atoms with Gasteiger partial charge in [-0.1, -0.05) is 5.16 Å². The van der Waals surface area contributed by atoms with Crippen LogP contribution < -0.4 is 10.9 Å². The molecular formula is C18H19N7O5. The highest BCUT2D eigenvalue weighted by Gasteiger charge is 2.30. The van der Waals surface area contributed by atoms with Crippen molar-refractivity contribution in [1.82, 2.24) is 29.8 Å². The maximum absolute atomic E-state index is 12.7. The van der Waals surface area contributed by atoms with Crippen LogP contribution in [0.2, 0.25) is 0 Å². The lowest BCUT2D eigenvalue weighted by Gasteiger charge is -2.33. The molecule has 4 heterocycles. The molecule has 0 spiro atoms. The molecule has 30 heavy (non-hydrogen) atoms. The number of hydrogen-bond acceptors (Lipinski definition) is 8. The van der Waals surface area contributed by atoms with Crippen LogP contribution in [0.1, 0.15) is 45.4 Å². The molecule has 1 unspecified atom stereocenters. The van der Waals surface area contributed by atoms with E-state index < -0.39 is 22.9 Å². The van der Waals surface area contributed by atoms with E-state index in [0.29, 0.717) is 37.3 Å². The molecule has 1 aliphatic rings. The highest BCUT2D eigenvalue weighted by molar-refractivity contribution is 6.04. The Hall–Kier alpha value is -3.96. The van der Waals surface area contributed by atoms with Gasteiger partial charge in [-0.3, -0.25) is 24.0 Å². The lowest BCUT2D eigenvalue weighted by atomic mass is 9.96. The number of carbonyl (C=O) groups excluding carboxylic acids is 2. The number of nitrogens with one attached hydrogen (secondary N) is 2. The van der Waals surface area contributed by atoms with E-state index in [1.54, 1.807) is 4.90 Å². The Morgan fingerprint density at radius 2 is 2.20 bits per heavy atom. The zero-order valence-electron chi connectivity index (χ0n) is 16.0. The summed E-state index contributed by atoms with van der Waals surface area (Å²) in [4.78, 5) is 43.7. The quantitative estimate of drug-likeness (QED) is 0.556. The highest BCUT2D eigenvalue weighted by Crippen LogP contribution is 2.27. The van der Waals surface area contributed by atoms with E-state index in [1.807, 2.05) is 0 Å². The maximum Gasteiger partial charge on any atom is 0.296 e. The Morgan fingerprint density at radius 3 is 2.90 bits per heavy atom. The lowest BCUT2D eigenvalue weighted by molar-refractivity contribution is 0.0702. The average Bonchev–Trinajstić information content (AvgIpc) is 3.46. The molecule has 1 atom stereocenters. The van der Waals surface area contributed by atoms with E-state index in [9.17, 15) is 19.5 Å². The minimum Gasteiger partial charge on any atom is -0.501 e. The normalized spacial score (nSPS) is 16.4. The van der Waals surface area contributed by atoms with Gasteiger partial charge in [-0.15, -0.1) is 0 Å². The fourth-order valence-corrected chi connectivity index (χ4v) is 3.51. The predicted octanol–water partition coefficient (Wildman–Crippen LogP) is 0.469. The number of aromatic nitrogens is 5. The van der Waals surface area contributed by atoms with Gasteiger partial charge in [-0.25, -0.2) is 4.98 Å². The summed E-state index contributed by atoms with van der Waals surface area (Å²) in [5.41, 5.74) is -0.434. The van der Waals surface area contributed by atoms with E-state index in [1.165, 1.54) is 36.5 Å². The zero-order chi connectivity index (χ0) is 21.3. The van der Waals surface area contributed by atoms with Crippen molar-refractivity contribution in [1.29, 1.82) is 0 Å². The Balaban J connectivity index is 1.63. The van der Waals surface area contributed by atoms with Crippen molar-refractivity contribution in [3.63, 3.8) is 0 Å². The van der Waals surface area contributed by atoms with E-state index in [4.69, 9.17) is 0 Å². The smallest absolute Gasteiger partial charge is 0.296 e. The molecule has 2 amide bonds. The highest BCUT2D eigenvalue weighted by atomic mass is 16.5. The second kappa shape index (κ2) is 7.81. The van der Waals surface area contributed by atoms with E-state index in [0.717, 1.165) is 0 Å². The molecule has 12 heteroatoms. The Labute approximate surface area is 169 Å². The molecule has 0 saturated carbocycles. The van der Waals surface area contributed by atoms with Crippen LogP contribution in [0.5, 0.6) is 5.75 Å². The molecule has 156 valence electrons. The van der Waals surface area contributed by atoms with Crippen LogP contribution in [0.25, 0.3) is 0 Å². The Bertz CT molecular complexity index is 1120. The number of rotatable bonds is 4. The van der Waals surface area contributed by atoms with Crippen molar-refractivity contribution in [3.05, 3.63) is 52.3 Å². The molecule has 0 radical (unpaired) electrons. The van der Waals surface area contributed by atoms with Crippen LogP contribution in [0.15, 0.2) is 34.2 Å². The van der Waals surface area contributed by atoms with Crippen LogP contribution in [0.3, 0.4) is 0 Å². The first-order valence-electron chi connectivity index (χ1n) is 9.24. The van der Waals surface area contributed by atoms with Crippen LogP contribution >= 0.6 is 0 Å². The third-order valence-electron chi connectivity index (χ3n) is 5.03. The molecule has 0 aromatic carbocycles. The number of hydrogen-bond donors (Lipinski definition) is 3. The largest absolute Gasteiger partial charge is 0.501 e. The van der Waals surface area contributed by atoms with Gasteiger partial charge >= 0.3 is 0 Å². The summed E-state index contributed by atoms with van der Waals surface area (Å²) < 4.78 is 5.86. The second-order valence-electron chi connectivity index (χ2n) is 6.98. The number of nitrogens with zero attached hydrogens (tertiary/aromatic N) is 5. The Morgan fingerprint density at radius 1 is 1.37 bits per heavy atom. The molecule has 1 saturated heterocycles. The van der Waals surface area contributed by atoms with Crippen LogP contribution in [0.4, 0.5) is 5.69 Å². The molecule has 1 fully saturated rings. The van der Waals surface area contributed by atoms with Crippen molar-refractivity contribution in [2.75, 3.05) is 18.4 Å². The third-order valence-corrected chi connectivity index (χ3v) is 5.03. The molecule has 1 aliphatic heterocycles. The molecule has 0 bridgehead atoms. The van der Waals surface area contributed by atoms with Gasteiger partial charge < -0.3 is 19.8 Å². The van der Waals surface area contributed by atoms with Gasteiger partial charge in [0.2, 0.25) is 5.75 Å². The molecule has 3 aromatic rings. The number of carbonyl (C=O) groups is 2. The monoisotopic (exact) mass is 413 g/mol. The van der Waals surface area contributed by atoms with Gasteiger partial charge in [0.15, 0.2) is 5.69 Å². The fourth-order valence-electron chi connectivity index (χ4n) is 3.51. The van der Waals surface area contributed by atoms with Gasteiger partial charge in [0.05, 0.1) is 18.0 Å². The molecule has 3 N–H and O–H groups in total. The summed E-state index contributed by atoms with van der Waals surface area (Å²) in [6, 6.07) is 0. The topological polar surface area (TPSA) is 159 Å². The number of likely N-dealkylation sites (tertiary alicyclic amines) is 1. The SMILES string of the molecule is Cn1c(C2CCCN(C(=O)c3cn[nH]c3)C2)nc(C(=O)Nc2cnoc2)c(O)c1=O. The van der Waals surface area contributed by atoms with Gasteiger partial charge in [0.25, 0.3) is 17.4 Å². The fraction of sp³-hybridized carbons (Fsp3) is 0.333. The van der Waals surface area contributed by atoms with Gasteiger partial charge in [-0.2, -0.15) is 5.10 Å². The van der Waals surface area contributed by atoms with Crippen LogP contribution in [-0.2, 0) is 7.05 Å². The summed E-state index contributed by atoms with van der Waals surface area (Å²) in [5.74, 6) is -1.66. The summed E-state index contributed by atoms with van der Waals surface area (Å²) in [6.45, 7) is 0.884. The number of amides is 2. The van der Waals surface area contributed by atoms with Gasteiger partial charge in [0, 0.05) is 32.3 Å².